The predicted molar refractivity (Wildman–Crippen MR) is 98.5 cm³/mol. The smallest absolute Gasteiger partial charge is 0.413 e. The van der Waals surface area contributed by atoms with Gasteiger partial charge < -0.3 is 19.9 Å². The number of carbonyl (C=O) groups is 2. The molecule has 0 radical (unpaired) electrons. The molecule has 0 spiro atoms. The Morgan fingerprint density at radius 3 is 2.68 bits per heavy atom. The summed E-state index contributed by atoms with van der Waals surface area (Å²) >= 11 is 3.99. The van der Waals surface area contributed by atoms with Crippen LogP contribution in [0.5, 0.6) is 0 Å². The van der Waals surface area contributed by atoms with E-state index in [2.05, 4.69) is 17.9 Å². The first-order chi connectivity index (χ1) is 11.5. The first-order valence-corrected chi connectivity index (χ1v) is 9.00. The van der Waals surface area contributed by atoms with Crippen LogP contribution in [0.2, 0.25) is 0 Å². The van der Waals surface area contributed by atoms with Crippen LogP contribution in [0.25, 0.3) is 0 Å². The lowest BCUT2D eigenvalue weighted by molar-refractivity contribution is -0.120. The van der Waals surface area contributed by atoms with Gasteiger partial charge in [0.2, 0.25) is 5.91 Å². The minimum Gasteiger partial charge on any atom is -0.444 e. The fraction of sp³-hybridized carbons (Fsp3) is 0.765. The Hall–Kier alpha value is -1.25. The van der Waals surface area contributed by atoms with Crippen molar-refractivity contribution in [3.63, 3.8) is 0 Å². The standard InChI is InChI=1S/C17H30N2O5S/c1-16(2,3)24-15(22)19-12(11-23-17(19,4)5)13(20)7-6-9-18-14(21)8-10-25/h6-7,12-13,20,25H,8-11H2,1-5H3,(H,18,21)/t12-,13+/m0/s1. The van der Waals surface area contributed by atoms with E-state index in [0.29, 0.717) is 18.7 Å². The Morgan fingerprint density at radius 2 is 2.12 bits per heavy atom. The van der Waals surface area contributed by atoms with Gasteiger partial charge in [-0.05, 0) is 40.4 Å². The summed E-state index contributed by atoms with van der Waals surface area (Å²) < 4.78 is 11.1. The summed E-state index contributed by atoms with van der Waals surface area (Å²) in [6, 6.07) is -0.561. The average molecular weight is 375 g/mol. The van der Waals surface area contributed by atoms with Gasteiger partial charge in [-0.15, -0.1) is 0 Å². The van der Waals surface area contributed by atoms with Gasteiger partial charge in [0.05, 0.1) is 18.8 Å². The van der Waals surface area contributed by atoms with Crippen LogP contribution >= 0.6 is 12.6 Å². The van der Waals surface area contributed by atoms with Crippen LogP contribution in [0.1, 0.15) is 41.0 Å². The number of carbonyl (C=O) groups excluding carboxylic acids is 2. The third kappa shape index (κ3) is 6.87. The van der Waals surface area contributed by atoms with Crippen LogP contribution < -0.4 is 5.32 Å². The normalized spacial score (nSPS) is 21.4. The molecule has 1 fully saturated rings. The number of ether oxygens (including phenoxy) is 2. The molecule has 2 N–H and O–H groups in total. The maximum absolute atomic E-state index is 12.5. The SMILES string of the molecule is CC(C)(C)OC(=O)N1[C@H]([C@H](O)C=CCNC(=O)CCS)COC1(C)C. The third-order valence-corrected chi connectivity index (χ3v) is 3.82. The van der Waals surface area contributed by atoms with Gasteiger partial charge in [0.15, 0.2) is 0 Å². The minimum absolute atomic E-state index is 0.102. The van der Waals surface area contributed by atoms with E-state index in [-0.39, 0.29) is 12.5 Å². The van der Waals surface area contributed by atoms with Gasteiger partial charge in [-0.3, -0.25) is 9.69 Å². The number of hydrogen-bond donors (Lipinski definition) is 3. The Labute approximate surface area is 155 Å². The lowest BCUT2D eigenvalue weighted by Crippen LogP contribution is -2.53. The van der Waals surface area contributed by atoms with Crippen molar-refractivity contribution in [1.29, 1.82) is 0 Å². The van der Waals surface area contributed by atoms with E-state index >= 15 is 0 Å². The maximum atomic E-state index is 12.5. The number of aliphatic hydroxyl groups excluding tert-OH is 1. The third-order valence-electron chi connectivity index (χ3n) is 3.59. The molecule has 1 rings (SSSR count). The van der Waals surface area contributed by atoms with Gasteiger partial charge in [-0.1, -0.05) is 12.2 Å². The second kappa shape index (κ2) is 8.91. The van der Waals surface area contributed by atoms with Crippen molar-refractivity contribution in [2.45, 2.75) is 64.5 Å². The summed E-state index contributed by atoms with van der Waals surface area (Å²) in [4.78, 5) is 25.3. The molecule has 1 saturated heterocycles. The molecule has 0 aromatic rings. The second-order valence-corrected chi connectivity index (χ2v) is 7.82. The topological polar surface area (TPSA) is 88.1 Å². The molecule has 0 aromatic heterocycles. The van der Waals surface area contributed by atoms with Crippen LogP contribution in [-0.2, 0) is 14.3 Å². The number of aliphatic hydroxyl groups is 1. The second-order valence-electron chi connectivity index (χ2n) is 7.37. The van der Waals surface area contributed by atoms with Gasteiger partial charge in [0.1, 0.15) is 11.3 Å². The molecule has 144 valence electrons. The summed E-state index contributed by atoms with van der Waals surface area (Å²) in [5, 5.41) is 13.1. The van der Waals surface area contributed by atoms with E-state index in [1.807, 2.05) is 0 Å². The Kier molecular flexibility index (Phi) is 7.77. The van der Waals surface area contributed by atoms with E-state index < -0.39 is 29.6 Å². The highest BCUT2D eigenvalue weighted by Crippen LogP contribution is 2.31. The Balaban J connectivity index is 2.70. The highest BCUT2D eigenvalue weighted by atomic mass is 32.1. The van der Waals surface area contributed by atoms with Crippen molar-refractivity contribution >= 4 is 24.6 Å². The van der Waals surface area contributed by atoms with Crippen molar-refractivity contribution in [3.05, 3.63) is 12.2 Å². The van der Waals surface area contributed by atoms with Gasteiger partial charge in [-0.25, -0.2) is 4.79 Å². The first-order valence-electron chi connectivity index (χ1n) is 8.36. The van der Waals surface area contributed by atoms with Crippen LogP contribution in [0, 0.1) is 0 Å². The molecular formula is C17H30N2O5S. The molecule has 0 bridgehead atoms. The fourth-order valence-corrected chi connectivity index (χ4v) is 2.65. The van der Waals surface area contributed by atoms with Crippen molar-refractivity contribution < 1.29 is 24.2 Å². The largest absolute Gasteiger partial charge is 0.444 e. The highest BCUT2D eigenvalue weighted by molar-refractivity contribution is 7.80. The first kappa shape index (κ1) is 21.8. The molecule has 0 aliphatic carbocycles. The van der Waals surface area contributed by atoms with E-state index in [4.69, 9.17) is 9.47 Å². The van der Waals surface area contributed by atoms with Crippen LogP contribution in [0.4, 0.5) is 4.79 Å². The number of rotatable bonds is 6. The molecule has 8 heteroatoms. The molecule has 2 atom stereocenters. The molecule has 1 aliphatic heterocycles. The fourth-order valence-electron chi connectivity index (χ4n) is 2.45. The van der Waals surface area contributed by atoms with Gasteiger partial charge in [-0.2, -0.15) is 12.6 Å². The van der Waals surface area contributed by atoms with Crippen LogP contribution in [0.3, 0.4) is 0 Å². The van der Waals surface area contributed by atoms with Gasteiger partial charge >= 0.3 is 6.09 Å². The van der Waals surface area contributed by atoms with Crippen molar-refractivity contribution in [2.24, 2.45) is 0 Å². The zero-order valence-electron chi connectivity index (χ0n) is 15.6. The van der Waals surface area contributed by atoms with Gasteiger partial charge in [0, 0.05) is 13.0 Å². The quantitative estimate of drug-likeness (QED) is 0.487. The van der Waals surface area contributed by atoms with Crippen molar-refractivity contribution in [1.82, 2.24) is 10.2 Å². The van der Waals surface area contributed by atoms with Crippen LogP contribution in [-0.4, -0.2) is 64.4 Å². The van der Waals surface area contributed by atoms with E-state index in [0.717, 1.165) is 0 Å². The zero-order valence-corrected chi connectivity index (χ0v) is 16.5. The van der Waals surface area contributed by atoms with Crippen LogP contribution in [0.15, 0.2) is 12.2 Å². The lowest BCUT2D eigenvalue weighted by Gasteiger charge is -2.36. The summed E-state index contributed by atoms with van der Waals surface area (Å²) in [5.74, 6) is 0.382. The lowest BCUT2D eigenvalue weighted by atomic mass is 10.1. The molecule has 25 heavy (non-hydrogen) atoms. The number of thiol groups is 1. The summed E-state index contributed by atoms with van der Waals surface area (Å²) in [6.07, 6.45) is 2.08. The summed E-state index contributed by atoms with van der Waals surface area (Å²) in [7, 11) is 0. The Bertz CT molecular complexity index is 502. The molecule has 0 saturated carbocycles. The highest BCUT2D eigenvalue weighted by Gasteiger charge is 2.47. The van der Waals surface area contributed by atoms with E-state index in [9.17, 15) is 14.7 Å². The van der Waals surface area contributed by atoms with Gasteiger partial charge in [0.25, 0.3) is 0 Å². The number of amides is 2. The van der Waals surface area contributed by atoms with E-state index in [1.54, 1.807) is 46.8 Å². The number of nitrogens with one attached hydrogen (secondary N) is 1. The van der Waals surface area contributed by atoms with E-state index in [1.165, 1.54) is 4.90 Å². The molecular weight excluding hydrogens is 344 g/mol. The predicted octanol–water partition coefficient (Wildman–Crippen LogP) is 1.71. The molecule has 2 amide bonds. The summed E-state index contributed by atoms with van der Waals surface area (Å²) in [6.45, 7) is 9.36. The van der Waals surface area contributed by atoms with Crippen molar-refractivity contribution in [3.8, 4) is 0 Å². The molecule has 1 heterocycles. The maximum Gasteiger partial charge on any atom is 0.413 e. The number of nitrogens with zero attached hydrogens (tertiary/aromatic N) is 1. The summed E-state index contributed by atoms with van der Waals surface area (Å²) in [5.41, 5.74) is -1.51. The molecule has 0 aromatic carbocycles. The Morgan fingerprint density at radius 1 is 1.48 bits per heavy atom. The molecule has 0 unspecified atom stereocenters. The zero-order chi connectivity index (χ0) is 19.3. The number of hydrogen-bond acceptors (Lipinski definition) is 6. The monoisotopic (exact) mass is 374 g/mol. The minimum atomic E-state index is -0.934. The van der Waals surface area contributed by atoms with Crippen molar-refractivity contribution in [2.75, 3.05) is 18.9 Å². The average Bonchev–Trinajstić information content (AvgIpc) is 2.77. The molecule has 7 nitrogen and oxygen atoms in total. The molecule has 1 aliphatic rings.